The summed E-state index contributed by atoms with van der Waals surface area (Å²) >= 11 is 0. The van der Waals surface area contributed by atoms with Gasteiger partial charge in [0.05, 0.1) is 25.0 Å². The second-order valence-corrected chi connectivity index (χ2v) is 17.6. The Morgan fingerprint density at radius 3 is 0.931 bits per heavy atom. The van der Waals surface area contributed by atoms with Gasteiger partial charge in [0.1, 0.15) is 0 Å². The summed E-state index contributed by atoms with van der Waals surface area (Å²) in [6.45, 7) is 17.8. The minimum absolute atomic E-state index is 0.0471. The van der Waals surface area contributed by atoms with E-state index < -0.39 is 0 Å². The Morgan fingerprint density at radius 2 is 0.621 bits per heavy atom. The van der Waals surface area contributed by atoms with Crippen LogP contribution in [0.2, 0.25) is 0 Å². The first-order valence-corrected chi connectivity index (χ1v) is 25.6. The zero-order valence-corrected chi connectivity index (χ0v) is 39.5. The highest BCUT2D eigenvalue weighted by atomic mass is 16.5. The predicted octanol–water partition coefficient (Wildman–Crippen LogP) is 12.4. The van der Waals surface area contributed by atoms with Crippen molar-refractivity contribution in [1.29, 1.82) is 0 Å². The topological polar surface area (TPSA) is 111 Å². The molecule has 4 N–H and O–H groups in total. The van der Waals surface area contributed by atoms with Gasteiger partial charge in [0.15, 0.2) is 0 Å². The molecular weight excluding hydrogens is 721 g/mol. The molecule has 0 aromatic rings. The van der Waals surface area contributed by atoms with Gasteiger partial charge in [-0.1, -0.05) is 156 Å². The van der Waals surface area contributed by atoms with Gasteiger partial charge in [0.25, 0.3) is 0 Å². The smallest absolute Gasteiger partial charge is 0.308 e. The van der Waals surface area contributed by atoms with Crippen molar-refractivity contribution in [2.45, 2.75) is 233 Å². The molecule has 0 saturated heterocycles. The molecule has 0 aromatic carbocycles. The maximum absolute atomic E-state index is 13.1. The van der Waals surface area contributed by atoms with Crippen LogP contribution in [0, 0.1) is 11.8 Å². The fourth-order valence-corrected chi connectivity index (χ4v) is 8.16. The molecule has 0 bridgehead atoms. The Morgan fingerprint density at radius 1 is 0.362 bits per heavy atom. The molecular formula is C50H102N4O4. The summed E-state index contributed by atoms with van der Waals surface area (Å²) in [6, 6.07) is 0. The van der Waals surface area contributed by atoms with E-state index in [1.807, 2.05) is 0 Å². The van der Waals surface area contributed by atoms with Crippen LogP contribution < -0.4 is 11.5 Å². The fourth-order valence-electron chi connectivity index (χ4n) is 8.16. The Bertz CT molecular complexity index is 793. The van der Waals surface area contributed by atoms with E-state index in [-0.39, 0.29) is 23.8 Å². The SMILES string of the molecule is CCCCCCCCC(CCCCCC)C(=O)OCCCCN(CCCN)CCCCN(CCCN)CCCCOC(=O)C(CCCCCC)CCCCCCCC. The normalized spacial score (nSPS) is 12.8. The van der Waals surface area contributed by atoms with E-state index in [0.717, 1.165) is 142 Å². The molecule has 0 aliphatic carbocycles. The summed E-state index contributed by atoms with van der Waals surface area (Å²) < 4.78 is 11.8. The maximum Gasteiger partial charge on any atom is 0.308 e. The highest BCUT2D eigenvalue weighted by molar-refractivity contribution is 5.72. The van der Waals surface area contributed by atoms with Crippen molar-refractivity contribution in [3.63, 3.8) is 0 Å². The predicted molar refractivity (Wildman–Crippen MR) is 250 cm³/mol. The Labute approximate surface area is 361 Å². The first-order valence-electron chi connectivity index (χ1n) is 25.6. The number of hydrogen-bond donors (Lipinski definition) is 2. The van der Waals surface area contributed by atoms with E-state index in [4.69, 9.17) is 20.9 Å². The van der Waals surface area contributed by atoms with Crippen LogP contribution in [0.1, 0.15) is 233 Å². The number of carbonyl (C=O) groups is 2. The van der Waals surface area contributed by atoms with Gasteiger partial charge in [-0.25, -0.2) is 0 Å². The third-order valence-corrected chi connectivity index (χ3v) is 12.1. The van der Waals surface area contributed by atoms with Crippen LogP contribution in [-0.4, -0.2) is 87.3 Å². The van der Waals surface area contributed by atoms with Gasteiger partial charge >= 0.3 is 11.9 Å². The number of carbonyl (C=O) groups excluding carboxylic acids is 2. The van der Waals surface area contributed by atoms with Crippen molar-refractivity contribution in [3.8, 4) is 0 Å². The molecule has 0 aliphatic heterocycles. The monoisotopic (exact) mass is 823 g/mol. The average Bonchev–Trinajstić information content (AvgIpc) is 3.23. The number of unbranched alkanes of at least 4 members (excludes halogenated alkanes) is 19. The Balaban J connectivity index is 4.63. The molecule has 0 fully saturated rings. The summed E-state index contributed by atoms with van der Waals surface area (Å²) in [4.78, 5) is 31.3. The van der Waals surface area contributed by atoms with Crippen molar-refractivity contribution in [2.24, 2.45) is 23.3 Å². The van der Waals surface area contributed by atoms with Gasteiger partial charge in [0, 0.05) is 0 Å². The molecule has 2 atom stereocenters. The average molecular weight is 823 g/mol. The van der Waals surface area contributed by atoms with Crippen molar-refractivity contribution >= 4 is 11.9 Å². The minimum atomic E-state index is 0.0471. The van der Waals surface area contributed by atoms with E-state index in [1.165, 1.54) is 103 Å². The van der Waals surface area contributed by atoms with E-state index in [1.54, 1.807) is 0 Å². The number of nitrogens with two attached hydrogens (primary N) is 2. The number of hydrogen-bond acceptors (Lipinski definition) is 8. The van der Waals surface area contributed by atoms with Gasteiger partial charge in [0.2, 0.25) is 0 Å². The van der Waals surface area contributed by atoms with Gasteiger partial charge in [-0.15, -0.1) is 0 Å². The second-order valence-electron chi connectivity index (χ2n) is 17.6. The molecule has 0 amide bonds. The lowest BCUT2D eigenvalue weighted by Gasteiger charge is -2.25. The fraction of sp³-hybridized carbons (Fsp3) is 0.960. The zero-order chi connectivity index (χ0) is 42.6. The lowest BCUT2D eigenvalue weighted by molar-refractivity contribution is -0.150. The highest BCUT2D eigenvalue weighted by Gasteiger charge is 2.21. The Hall–Kier alpha value is -1.22. The quantitative estimate of drug-likeness (QED) is 0.0461. The Kier molecular flexibility index (Phi) is 44.4. The number of nitrogens with zero attached hydrogens (tertiary/aromatic N) is 2. The summed E-state index contributed by atoms with van der Waals surface area (Å²) in [5, 5.41) is 0. The van der Waals surface area contributed by atoms with Crippen LogP contribution in [0.25, 0.3) is 0 Å². The van der Waals surface area contributed by atoms with Crippen molar-refractivity contribution < 1.29 is 19.1 Å². The van der Waals surface area contributed by atoms with Gasteiger partial charge in [-0.3, -0.25) is 9.59 Å². The largest absolute Gasteiger partial charge is 0.465 e. The van der Waals surface area contributed by atoms with Crippen LogP contribution in [0.3, 0.4) is 0 Å². The first-order chi connectivity index (χ1) is 28.5. The molecule has 8 heteroatoms. The minimum Gasteiger partial charge on any atom is -0.465 e. The van der Waals surface area contributed by atoms with Crippen LogP contribution in [0.4, 0.5) is 0 Å². The second kappa shape index (κ2) is 45.3. The van der Waals surface area contributed by atoms with Gasteiger partial charge in [-0.05, 0) is 129 Å². The molecule has 0 spiro atoms. The molecule has 0 aliphatic rings. The van der Waals surface area contributed by atoms with E-state index in [9.17, 15) is 9.59 Å². The van der Waals surface area contributed by atoms with Gasteiger partial charge < -0.3 is 30.7 Å². The summed E-state index contributed by atoms with van der Waals surface area (Å²) in [5.74, 6) is 0.248. The first kappa shape index (κ1) is 56.8. The molecule has 0 heterocycles. The highest BCUT2D eigenvalue weighted by Crippen LogP contribution is 2.22. The molecule has 0 aromatic heterocycles. The number of rotatable bonds is 47. The molecule has 0 rings (SSSR count). The summed E-state index contributed by atoms with van der Waals surface area (Å²) in [6.07, 6.45) is 37.1. The molecule has 0 radical (unpaired) electrons. The molecule has 346 valence electrons. The van der Waals surface area contributed by atoms with Crippen LogP contribution >= 0.6 is 0 Å². The summed E-state index contributed by atoms with van der Waals surface area (Å²) in [7, 11) is 0. The van der Waals surface area contributed by atoms with Crippen LogP contribution in [-0.2, 0) is 19.1 Å². The molecule has 8 nitrogen and oxygen atoms in total. The molecule has 58 heavy (non-hydrogen) atoms. The van der Waals surface area contributed by atoms with Crippen LogP contribution in [0.15, 0.2) is 0 Å². The van der Waals surface area contributed by atoms with E-state index >= 15 is 0 Å². The van der Waals surface area contributed by atoms with Crippen molar-refractivity contribution in [1.82, 2.24) is 9.80 Å². The van der Waals surface area contributed by atoms with E-state index in [0.29, 0.717) is 26.3 Å². The molecule has 2 unspecified atom stereocenters. The van der Waals surface area contributed by atoms with Crippen molar-refractivity contribution in [2.75, 3.05) is 65.6 Å². The maximum atomic E-state index is 13.1. The third-order valence-electron chi connectivity index (χ3n) is 12.1. The third kappa shape index (κ3) is 36.6. The van der Waals surface area contributed by atoms with E-state index in [2.05, 4.69) is 37.5 Å². The zero-order valence-electron chi connectivity index (χ0n) is 39.5. The van der Waals surface area contributed by atoms with Crippen molar-refractivity contribution in [3.05, 3.63) is 0 Å². The summed E-state index contributed by atoms with van der Waals surface area (Å²) in [5.41, 5.74) is 11.8. The number of ether oxygens (including phenoxy) is 2. The molecule has 0 saturated carbocycles. The van der Waals surface area contributed by atoms with Gasteiger partial charge in [-0.2, -0.15) is 0 Å². The lowest BCUT2D eigenvalue weighted by Crippen LogP contribution is -2.31. The standard InChI is InChI=1S/C50H102N4O4/c1-5-9-13-17-19-23-35-47(33-21-15-11-7-3)49(55)57-45-29-27-41-53(43-31-37-51)39-25-26-40-54(44-32-38-52)42-28-30-46-58-50(56)48(34-22-16-12-8-4)36-24-20-18-14-10-6-2/h47-48H,5-46,51-52H2,1-4H3. The van der Waals surface area contributed by atoms with Crippen LogP contribution in [0.5, 0.6) is 0 Å². The number of esters is 2. The lowest BCUT2D eigenvalue weighted by atomic mass is 9.94.